The molecule has 296 valence electrons. The summed E-state index contributed by atoms with van der Waals surface area (Å²) in [5.74, 6) is 1.12. The molecule has 4 fully saturated rings. The Balaban J connectivity index is 1.03. The van der Waals surface area contributed by atoms with E-state index in [0.29, 0.717) is 30.9 Å². The van der Waals surface area contributed by atoms with Gasteiger partial charge in [0.05, 0.1) is 18.2 Å². The van der Waals surface area contributed by atoms with Crippen LogP contribution in [0.25, 0.3) is 21.5 Å². The number of rotatable bonds is 7. The van der Waals surface area contributed by atoms with Crippen molar-refractivity contribution in [2.24, 2.45) is 39.4 Å². The van der Waals surface area contributed by atoms with E-state index in [1.54, 1.807) is 4.90 Å². The van der Waals surface area contributed by atoms with Gasteiger partial charge in [-0.1, -0.05) is 124 Å². The number of aliphatic hydroxyl groups excluding tert-OH is 1. The zero-order valence-corrected chi connectivity index (χ0v) is 33.6. The Bertz CT molecular complexity index is 2320. The summed E-state index contributed by atoms with van der Waals surface area (Å²) in [6.07, 6.45) is 17.0. The number of nitrogens with zero attached hydrogens (tertiary/aromatic N) is 1. The first-order valence-corrected chi connectivity index (χ1v) is 21.8. The highest BCUT2D eigenvalue weighted by molar-refractivity contribution is 6.00. The van der Waals surface area contributed by atoms with Gasteiger partial charge in [-0.2, -0.15) is 0 Å². The lowest BCUT2D eigenvalue weighted by atomic mass is 9.32. The number of amides is 1. The quantitative estimate of drug-likeness (QED) is 0.183. The molecule has 2 spiro atoms. The van der Waals surface area contributed by atoms with Crippen LogP contribution >= 0.6 is 0 Å². The largest absolute Gasteiger partial charge is 0.415 e. The molecule has 8 atom stereocenters. The van der Waals surface area contributed by atoms with Gasteiger partial charge in [-0.25, -0.2) is 4.79 Å². The Morgan fingerprint density at radius 2 is 1.46 bits per heavy atom. The van der Waals surface area contributed by atoms with E-state index < -0.39 is 22.5 Å². The molecule has 0 aliphatic heterocycles. The Morgan fingerprint density at radius 3 is 2.28 bits per heavy atom. The molecule has 4 aromatic rings. The van der Waals surface area contributed by atoms with Gasteiger partial charge in [-0.15, -0.1) is 0 Å². The maximum absolute atomic E-state index is 15.0. The Morgan fingerprint density at radius 1 is 0.754 bits per heavy atom. The lowest BCUT2D eigenvalue weighted by Gasteiger charge is -2.71. The lowest BCUT2D eigenvalue weighted by Crippen LogP contribution is -2.67. The Hall–Kier alpha value is -4.26. The molecule has 0 aromatic heterocycles. The summed E-state index contributed by atoms with van der Waals surface area (Å²) in [5.41, 5.74) is -0.698. The lowest BCUT2D eigenvalue weighted by molar-refractivity contribution is -0.178. The fourth-order valence-electron chi connectivity index (χ4n) is 13.7. The number of Topliss-reactive ketones (excluding diaryl/α,β-unsaturated/α-hetero) is 1. The summed E-state index contributed by atoms with van der Waals surface area (Å²) in [4.78, 5) is 31.4. The molecule has 6 heteroatoms. The Labute approximate surface area is 337 Å². The fourth-order valence-corrected chi connectivity index (χ4v) is 13.7. The molecule has 2 N–H and O–H groups in total. The van der Waals surface area contributed by atoms with Crippen LogP contribution in [0.2, 0.25) is 0 Å². The maximum atomic E-state index is 15.0. The number of hydrogen-bond acceptors (Lipinski definition) is 5. The molecule has 0 heterocycles. The zero-order chi connectivity index (χ0) is 39.2. The average Bonchev–Trinajstić information content (AvgIpc) is 3.50. The number of benzene rings is 4. The smallest absolute Gasteiger partial charge is 0.410 e. The predicted molar refractivity (Wildman–Crippen MR) is 224 cm³/mol. The van der Waals surface area contributed by atoms with E-state index in [4.69, 9.17) is 4.74 Å². The monoisotopic (exact) mass is 763 g/mol. The molecule has 2 bridgehead atoms. The van der Waals surface area contributed by atoms with Crippen molar-refractivity contribution >= 4 is 33.4 Å². The van der Waals surface area contributed by atoms with Crippen LogP contribution in [-0.4, -0.2) is 45.2 Å². The standard InChI is InChI=1S/C51H57NO5/c1-47-24-21-39(53)30-49(47)27-28-51(42(31-49)45(54)36-13-4-3-5-14-36)43(47)22-25-48(2)44(51)23-26-50(48,56)33-52(32-38-17-10-16-35-12-8-9-18-41(35)38)46(55)57-40-20-19-34-11-6-7-15-37(34)29-40/h6-12,15-20,27-29,31,36,39,43-44,53,56H,3-5,13-14,21-26,30,32-33H2,1-2H3. The summed E-state index contributed by atoms with van der Waals surface area (Å²) < 4.78 is 6.21. The number of hydrogen-bond donors (Lipinski definition) is 2. The molecule has 57 heavy (non-hydrogen) atoms. The van der Waals surface area contributed by atoms with Crippen LogP contribution in [0.4, 0.5) is 4.79 Å². The number of ketones is 1. The average molecular weight is 764 g/mol. The van der Waals surface area contributed by atoms with Crippen molar-refractivity contribution in [2.45, 2.75) is 109 Å². The molecule has 7 aliphatic carbocycles. The molecule has 6 nitrogen and oxygen atoms in total. The van der Waals surface area contributed by atoms with Gasteiger partial charge in [-0.05, 0) is 114 Å². The maximum Gasteiger partial charge on any atom is 0.415 e. The summed E-state index contributed by atoms with van der Waals surface area (Å²) in [6, 6.07) is 28.2. The second-order valence-electron chi connectivity index (χ2n) is 19.4. The molecular weight excluding hydrogens is 707 g/mol. The fraction of sp³-hybridized carbons (Fsp3) is 0.490. The predicted octanol–water partition coefficient (Wildman–Crippen LogP) is 10.7. The third kappa shape index (κ3) is 5.49. The van der Waals surface area contributed by atoms with Crippen molar-refractivity contribution in [1.82, 2.24) is 4.90 Å². The van der Waals surface area contributed by atoms with E-state index in [9.17, 15) is 15.0 Å². The topological polar surface area (TPSA) is 87.1 Å². The van der Waals surface area contributed by atoms with Gasteiger partial charge in [0.15, 0.2) is 5.78 Å². The third-order valence-corrected chi connectivity index (χ3v) is 16.8. The van der Waals surface area contributed by atoms with Crippen LogP contribution in [0.3, 0.4) is 0 Å². The molecule has 4 aromatic carbocycles. The van der Waals surface area contributed by atoms with Crippen molar-refractivity contribution in [1.29, 1.82) is 0 Å². The molecule has 8 unspecified atom stereocenters. The molecule has 0 saturated heterocycles. The SMILES string of the molecule is CC12CCC(O)CC13C=CC1(C(C(=O)C4CCCCC4)=C3)C2CCC2(C)C1CCC2(O)CN(Cc1cccc2ccccc12)C(=O)Oc1ccc2ccccc2c1. The van der Waals surface area contributed by atoms with Crippen molar-refractivity contribution in [3.8, 4) is 5.75 Å². The third-order valence-electron chi connectivity index (χ3n) is 16.8. The second-order valence-corrected chi connectivity index (χ2v) is 19.4. The summed E-state index contributed by atoms with van der Waals surface area (Å²) in [6.45, 7) is 5.13. The van der Waals surface area contributed by atoms with Crippen molar-refractivity contribution in [2.75, 3.05) is 6.54 Å². The van der Waals surface area contributed by atoms with Crippen LogP contribution in [0, 0.1) is 39.4 Å². The van der Waals surface area contributed by atoms with E-state index in [-0.39, 0.29) is 41.2 Å². The number of aliphatic hydroxyl groups is 2. The second kappa shape index (κ2) is 13.4. The van der Waals surface area contributed by atoms with Gasteiger partial charge in [0.1, 0.15) is 5.75 Å². The minimum Gasteiger partial charge on any atom is -0.410 e. The highest BCUT2D eigenvalue weighted by atomic mass is 16.6. The van der Waals surface area contributed by atoms with E-state index in [1.165, 1.54) is 6.42 Å². The normalized spacial score (nSPS) is 35.6. The zero-order valence-electron chi connectivity index (χ0n) is 33.6. The van der Waals surface area contributed by atoms with Gasteiger partial charge >= 0.3 is 6.09 Å². The van der Waals surface area contributed by atoms with Gasteiger partial charge in [-0.3, -0.25) is 4.79 Å². The number of carbonyl (C=O) groups is 2. The van der Waals surface area contributed by atoms with Crippen LogP contribution in [0.15, 0.2) is 109 Å². The first-order chi connectivity index (χ1) is 27.5. The molecule has 4 saturated carbocycles. The highest BCUT2D eigenvalue weighted by Gasteiger charge is 2.74. The van der Waals surface area contributed by atoms with Gasteiger partial charge in [0.25, 0.3) is 0 Å². The van der Waals surface area contributed by atoms with Gasteiger partial charge in [0, 0.05) is 34.3 Å². The summed E-state index contributed by atoms with van der Waals surface area (Å²) >= 11 is 0. The molecule has 1 amide bonds. The van der Waals surface area contributed by atoms with E-state index >= 15 is 4.79 Å². The summed E-state index contributed by atoms with van der Waals surface area (Å²) in [7, 11) is 0. The molecular formula is C51H57NO5. The number of ether oxygens (including phenoxy) is 1. The summed E-state index contributed by atoms with van der Waals surface area (Å²) in [5, 5.41) is 28.7. The first kappa shape index (κ1) is 37.0. The minimum atomic E-state index is -1.22. The number of fused-ring (bicyclic) bond motifs is 3. The number of allylic oxidation sites excluding steroid dienone is 4. The minimum absolute atomic E-state index is 0.0293. The Kier molecular flexibility index (Phi) is 8.70. The van der Waals surface area contributed by atoms with E-state index in [1.807, 2.05) is 60.7 Å². The number of carbonyl (C=O) groups excluding carboxylic acids is 2. The van der Waals surface area contributed by atoms with E-state index in [0.717, 1.165) is 90.5 Å². The van der Waals surface area contributed by atoms with Crippen LogP contribution in [-0.2, 0) is 11.3 Å². The van der Waals surface area contributed by atoms with Crippen molar-refractivity contribution < 1.29 is 24.5 Å². The first-order valence-electron chi connectivity index (χ1n) is 21.8. The van der Waals surface area contributed by atoms with Crippen molar-refractivity contribution in [3.05, 3.63) is 114 Å². The van der Waals surface area contributed by atoms with Crippen LogP contribution in [0.1, 0.15) is 96.5 Å². The van der Waals surface area contributed by atoms with Gasteiger partial charge < -0.3 is 19.8 Å². The molecule has 11 rings (SSSR count). The molecule has 7 aliphatic rings. The highest BCUT2D eigenvalue weighted by Crippen LogP contribution is 2.78. The van der Waals surface area contributed by atoms with Gasteiger partial charge in [0.2, 0.25) is 0 Å². The van der Waals surface area contributed by atoms with Crippen molar-refractivity contribution in [3.63, 3.8) is 0 Å². The van der Waals surface area contributed by atoms with Crippen LogP contribution in [0.5, 0.6) is 5.75 Å². The van der Waals surface area contributed by atoms with E-state index in [2.05, 4.69) is 56.3 Å². The molecule has 0 radical (unpaired) electrons. The van der Waals surface area contributed by atoms with Crippen LogP contribution < -0.4 is 4.74 Å².